The molecule has 2 aliphatic rings. The van der Waals surface area contributed by atoms with Gasteiger partial charge in [0.25, 0.3) is 0 Å². The first kappa shape index (κ1) is 30.7. The van der Waals surface area contributed by atoms with Crippen LogP contribution in [0.3, 0.4) is 0 Å². The third kappa shape index (κ3) is 5.55. The van der Waals surface area contributed by atoms with E-state index in [0.717, 1.165) is 11.1 Å². The van der Waals surface area contributed by atoms with Crippen LogP contribution in [0.4, 0.5) is 4.79 Å². The predicted molar refractivity (Wildman–Crippen MR) is 147 cm³/mol. The molecule has 2 fully saturated rings. The molecule has 0 spiro atoms. The minimum Gasteiger partial charge on any atom is -0.468 e. The first-order chi connectivity index (χ1) is 18.8. The van der Waals surface area contributed by atoms with Gasteiger partial charge >= 0.3 is 24.0 Å². The molecule has 5 atom stereocenters. The number of alkyl carbamates (subject to hydrolysis) is 1. The highest BCUT2D eigenvalue weighted by Crippen LogP contribution is 2.65. The molecule has 216 valence electrons. The molecular formula is C31H39NO8. The zero-order chi connectivity index (χ0) is 29.9. The summed E-state index contributed by atoms with van der Waals surface area (Å²) in [4.78, 5) is 48.3. The Morgan fingerprint density at radius 3 is 1.50 bits per heavy atom. The van der Waals surface area contributed by atoms with Crippen LogP contribution >= 0.6 is 0 Å². The van der Waals surface area contributed by atoms with Crippen molar-refractivity contribution in [1.29, 1.82) is 0 Å². The standard InChI is InChI=1S/C17H23NO4.C14H16O4/c1-11-13(12-9-7-6-8-10-12)17(11,14(19)21-5)18-15(20)22-16(2,3)4;1-9-11(10-7-5-4-6-8-10)14(9,12(15)17-2)13(16)18-3/h6-11,13H,1-5H3,(H,18,20);4-9,11H,1-3H3. The zero-order valence-electron chi connectivity index (χ0n) is 24.3. The van der Waals surface area contributed by atoms with Gasteiger partial charge in [-0.15, -0.1) is 0 Å². The summed E-state index contributed by atoms with van der Waals surface area (Å²) in [6, 6.07) is 19.1. The van der Waals surface area contributed by atoms with Gasteiger partial charge in [0.05, 0.1) is 21.3 Å². The highest BCUT2D eigenvalue weighted by Gasteiger charge is 2.74. The van der Waals surface area contributed by atoms with Gasteiger partial charge in [-0.2, -0.15) is 0 Å². The first-order valence-electron chi connectivity index (χ1n) is 13.2. The number of ether oxygens (including phenoxy) is 4. The monoisotopic (exact) mass is 553 g/mol. The van der Waals surface area contributed by atoms with E-state index in [1.165, 1.54) is 21.3 Å². The van der Waals surface area contributed by atoms with Gasteiger partial charge in [-0.1, -0.05) is 74.5 Å². The second-order valence-corrected chi connectivity index (χ2v) is 11.2. The molecule has 2 aliphatic carbocycles. The minimum absolute atomic E-state index is 0.0603. The second-order valence-electron chi connectivity index (χ2n) is 11.2. The van der Waals surface area contributed by atoms with Crippen molar-refractivity contribution in [2.45, 2.75) is 57.6 Å². The Hall–Kier alpha value is -3.88. The number of amides is 1. The summed E-state index contributed by atoms with van der Waals surface area (Å²) in [5.74, 6) is -1.94. The van der Waals surface area contributed by atoms with Gasteiger partial charge in [-0.3, -0.25) is 9.59 Å². The molecule has 0 saturated heterocycles. The molecular weight excluding hydrogens is 514 g/mol. The Balaban J connectivity index is 0.000000225. The van der Waals surface area contributed by atoms with E-state index >= 15 is 0 Å². The highest BCUT2D eigenvalue weighted by molar-refractivity contribution is 6.05. The fraction of sp³-hybridized carbons (Fsp3) is 0.484. The average Bonchev–Trinajstić information content (AvgIpc) is 3.76. The number of hydrogen-bond acceptors (Lipinski definition) is 8. The lowest BCUT2D eigenvalue weighted by Gasteiger charge is -2.23. The molecule has 0 aliphatic heterocycles. The van der Waals surface area contributed by atoms with E-state index in [1.807, 2.05) is 74.5 Å². The molecule has 5 unspecified atom stereocenters. The Morgan fingerprint density at radius 2 is 1.10 bits per heavy atom. The van der Waals surface area contributed by atoms with Gasteiger partial charge in [0, 0.05) is 17.8 Å². The van der Waals surface area contributed by atoms with Crippen LogP contribution in [-0.4, -0.2) is 56.5 Å². The molecule has 40 heavy (non-hydrogen) atoms. The maximum absolute atomic E-state index is 12.3. The van der Waals surface area contributed by atoms with Crippen molar-refractivity contribution in [2.75, 3.05) is 21.3 Å². The van der Waals surface area contributed by atoms with Crippen LogP contribution in [0, 0.1) is 17.3 Å². The van der Waals surface area contributed by atoms with E-state index in [2.05, 4.69) is 5.32 Å². The largest absolute Gasteiger partial charge is 0.468 e. The topological polar surface area (TPSA) is 117 Å². The van der Waals surface area contributed by atoms with Crippen LogP contribution < -0.4 is 5.32 Å². The van der Waals surface area contributed by atoms with Crippen molar-refractivity contribution in [3.63, 3.8) is 0 Å². The van der Waals surface area contributed by atoms with E-state index in [1.54, 1.807) is 20.8 Å². The number of rotatable bonds is 6. The van der Waals surface area contributed by atoms with E-state index in [-0.39, 0.29) is 23.7 Å². The molecule has 0 bridgehead atoms. The van der Waals surface area contributed by atoms with E-state index in [0.29, 0.717) is 0 Å². The fourth-order valence-electron chi connectivity index (χ4n) is 5.79. The number of esters is 3. The van der Waals surface area contributed by atoms with Crippen LogP contribution in [0.2, 0.25) is 0 Å². The van der Waals surface area contributed by atoms with Gasteiger partial charge in [0.2, 0.25) is 0 Å². The summed E-state index contributed by atoms with van der Waals surface area (Å²) in [6.45, 7) is 9.13. The average molecular weight is 554 g/mol. The van der Waals surface area contributed by atoms with Gasteiger partial charge in [0.15, 0.2) is 11.0 Å². The summed E-state index contributed by atoms with van der Waals surface area (Å²) in [5.41, 5.74) is -0.900. The lowest BCUT2D eigenvalue weighted by atomic mass is 9.99. The Kier molecular flexibility index (Phi) is 8.97. The summed E-state index contributed by atoms with van der Waals surface area (Å²) in [7, 11) is 3.91. The summed E-state index contributed by atoms with van der Waals surface area (Å²) in [5, 5.41) is 2.74. The van der Waals surface area contributed by atoms with Gasteiger partial charge < -0.3 is 24.3 Å². The van der Waals surface area contributed by atoms with Crippen molar-refractivity contribution < 1.29 is 38.1 Å². The fourth-order valence-corrected chi connectivity index (χ4v) is 5.79. The van der Waals surface area contributed by atoms with Crippen molar-refractivity contribution in [3.8, 4) is 0 Å². The molecule has 2 aromatic carbocycles. The Bertz CT molecular complexity index is 1210. The molecule has 1 amide bonds. The molecule has 1 N–H and O–H groups in total. The molecule has 0 radical (unpaired) electrons. The Labute approximate surface area is 235 Å². The minimum atomic E-state index is -1.18. The number of carbonyl (C=O) groups is 4. The number of methoxy groups -OCH3 is 3. The van der Waals surface area contributed by atoms with Crippen molar-refractivity contribution in [3.05, 3.63) is 71.8 Å². The molecule has 0 aromatic heterocycles. The SMILES string of the molecule is COC(=O)C1(C(=O)OC)C(C)C1c1ccccc1.COC(=O)C1(NC(=O)OC(C)(C)C)C(C)C1c1ccccc1. The molecule has 2 aromatic rings. The maximum Gasteiger partial charge on any atom is 0.408 e. The third-order valence-corrected chi connectivity index (χ3v) is 7.79. The number of carbonyl (C=O) groups excluding carboxylic acids is 4. The van der Waals surface area contributed by atoms with Crippen LogP contribution in [-0.2, 0) is 33.3 Å². The number of benzene rings is 2. The van der Waals surface area contributed by atoms with E-state index in [9.17, 15) is 19.2 Å². The predicted octanol–water partition coefficient (Wildman–Crippen LogP) is 4.61. The molecule has 9 heteroatoms. The highest BCUT2D eigenvalue weighted by atomic mass is 16.6. The third-order valence-electron chi connectivity index (χ3n) is 7.79. The summed E-state index contributed by atoms with van der Waals surface area (Å²) in [6.07, 6.45) is -0.608. The van der Waals surface area contributed by atoms with Crippen molar-refractivity contribution >= 4 is 24.0 Å². The lowest BCUT2D eigenvalue weighted by molar-refractivity contribution is -0.162. The molecule has 9 nitrogen and oxygen atoms in total. The number of hydrogen-bond donors (Lipinski definition) is 1. The van der Waals surface area contributed by atoms with Crippen LogP contribution in [0.25, 0.3) is 0 Å². The summed E-state index contributed by atoms with van der Waals surface area (Å²) < 4.78 is 19.8. The Morgan fingerprint density at radius 1 is 0.675 bits per heavy atom. The van der Waals surface area contributed by atoms with E-state index < -0.39 is 40.6 Å². The lowest BCUT2D eigenvalue weighted by Crippen LogP contribution is -2.48. The van der Waals surface area contributed by atoms with Crippen molar-refractivity contribution in [2.24, 2.45) is 17.3 Å². The van der Waals surface area contributed by atoms with Crippen LogP contribution in [0.15, 0.2) is 60.7 Å². The van der Waals surface area contributed by atoms with Gasteiger partial charge in [0.1, 0.15) is 5.60 Å². The van der Waals surface area contributed by atoms with Crippen LogP contribution in [0.1, 0.15) is 57.6 Å². The molecule has 0 heterocycles. The smallest absolute Gasteiger partial charge is 0.408 e. The maximum atomic E-state index is 12.3. The van der Waals surface area contributed by atoms with Gasteiger partial charge in [-0.25, -0.2) is 9.59 Å². The normalized spacial score (nSPS) is 25.7. The van der Waals surface area contributed by atoms with Crippen LogP contribution in [0.5, 0.6) is 0 Å². The quantitative estimate of drug-likeness (QED) is 0.313. The first-order valence-corrected chi connectivity index (χ1v) is 13.2. The molecule has 4 rings (SSSR count). The second kappa shape index (κ2) is 11.7. The number of nitrogens with one attached hydrogen (secondary N) is 1. The van der Waals surface area contributed by atoms with Gasteiger partial charge in [-0.05, 0) is 37.8 Å². The van der Waals surface area contributed by atoms with Crippen molar-refractivity contribution in [1.82, 2.24) is 5.32 Å². The summed E-state index contributed by atoms with van der Waals surface area (Å²) >= 11 is 0. The molecule has 2 saturated carbocycles. The van der Waals surface area contributed by atoms with E-state index in [4.69, 9.17) is 18.9 Å². The zero-order valence-corrected chi connectivity index (χ0v) is 24.3.